The smallest absolute Gasteiger partial charge is 0.326 e. The molecule has 0 radical (unpaired) electrons. The number of hydrogen-bond donors (Lipinski definition) is 0. The molecule has 0 atom stereocenters. The molecule has 0 unspecified atom stereocenters. The number of carbonyl (C=O) groups is 2. The number of fused-ring (bicyclic) bond motifs is 1. The molecule has 10 nitrogen and oxygen atoms in total. The molecule has 3 aromatic rings. The molecule has 0 spiro atoms. The summed E-state index contributed by atoms with van der Waals surface area (Å²) in [5.41, 5.74) is 0.851. The summed E-state index contributed by atoms with van der Waals surface area (Å²) in [6.07, 6.45) is 0. The molecule has 2 heterocycles. The zero-order chi connectivity index (χ0) is 25.0. The van der Waals surface area contributed by atoms with Crippen LogP contribution in [0, 0.1) is 0 Å². The van der Waals surface area contributed by atoms with Crippen molar-refractivity contribution in [2.45, 2.75) is 18.4 Å². The third-order valence-corrected chi connectivity index (χ3v) is 8.34. The number of methoxy groups -OCH3 is 1. The highest BCUT2D eigenvalue weighted by Gasteiger charge is 2.26. The number of carbonyl (C=O) groups excluding carboxylic acids is 2. The van der Waals surface area contributed by atoms with Gasteiger partial charge in [0.25, 0.3) is 5.91 Å². The van der Waals surface area contributed by atoms with E-state index >= 15 is 0 Å². The third-order valence-electron chi connectivity index (χ3n) is 5.38. The van der Waals surface area contributed by atoms with Gasteiger partial charge in [-0.25, -0.2) is 8.42 Å². The molecule has 12 heteroatoms. The minimum absolute atomic E-state index is 0.0972. The topological polar surface area (TPSA) is 117 Å². The minimum Gasteiger partial charge on any atom is -0.495 e. The summed E-state index contributed by atoms with van der Waals surface area (Å²) in [7, 11) is -2.15. The zero-order valence-electron chi connectivity index (χ0n) is 19.3. The Bertz CT molecular complexity index is 1400. The van der Waals surface area contributed by atoms with Crippen LogP contribution in [0.1, 0.15) is 17.3 Å². The van der Waals surface area contributed by atoms with Crippen molar-refractivity contribution in [3.8, 4) is 5.75 Å². The van der Waals surface area contributed by atoms with E-state index in [1.165, 1.54) is 47.0 Å². The average molecular weight is 520 g/mol. The number of morpholine rings is 1. The lowest BCUT2D eigenvalue weighted by molar-refractivity contribution is -0.143. The van der Waals surface area contributed by atoms with Crippen molar-refractivity contribution in [2.24, 2.45) is 4.99 Å². The van der Waals surface area contributed by atoms with Gasteiger partial charge in [-0.1, -0.05) is 17.4 Å². The monoisotopic (exact) mass is 519 g/mol. The quantitative estimate of drug-likeness (QED) is 0.439. The van der Waals surface area contributed by atoms with Crippen LogP contribution in [-0.4, -0.2) is 69.2 Å². The van der Waals surface area contributed by atoms with E-state index < -0.39 is 21.9 Å². The second kappa shape index (κ2) is 10.7. The Morgan fingerprint density at radius 2 is 1.83 bits per heavy atom. The summed E-state index contributed by atoms with van der Waals surface area (Å²) in [5.74, 6) is -0.497. The number of ether oxygens (including phenoxy) is 3. The van der Waals surface area contributed by atoms with Crippen molar-refractivity contribution in [3.05, 3.63) is 52.8 Å². The van der Waals surface area contributed by atoms with Crippen LogP contribution < -0.4 is 9.54 Å². The van der Waals surface area contributed by atoms with Crippen molar-refractivity contribution in [2.75, 3.05) is 40.0 Å². The molecule has 2 aromatic carbocycles. The van der Waals surface area contributed by atoms with Gasteiger partial charge in [0.05, 0.1) is 36.5 Å². The predicted octanol–water partition coefficient (Wildman–Crippen LogP) is 2.04. The minimum atomic E-state index is -3.67. The first-order valence-corrected chi connectivity index (χ1v) is 13.2. The Hall–Kier alpha value is -3.06. The summed E-state index contributed by atoms with van der Waals surface area (Å²) >= 11 is 1.24. The van der Waals surface area contributed by atoms with Crippen molar-refractivity contribution < 1.29 is 32.2 Å². The molecule has 1 aliphatic heterocycles. The van der Waals surface area contributed by atoms with E-state index in [0.29, 0.717) is 29.3 Å². The van der Waals surface area contributed by atoms with Gasteiger partial charge < -0.3 is 18.8 Å². The standard InChI is InChI=1S/C23H25N3O7S2/c1-3-33-20(27)15-26-21-18(31-2)5-4-6-19(21)34-23(26)24-22(28)16-7-9-17(10-8-16)35(29,30)25-11-13-32-14-12-25/h4-10H,3,11-15H2,1-2H3. The van der Waals surface area contributed by atoms with E-state index in [-0.39, 0.29) is 36.7 Å². The number of nitrogens with zero attached hydrogens (tertiary/aromatic N) is 3. The van der Waals surface area contributed by atoms with Crippen molar-refractivity contribution >= 4 is 43.5 Å². The summed E-state index contributed by atoms with van der Waals surface area (Å²) in [6, 6.07) is 11.1. The second-order valence-electron chi connectivity index (χ2n) is 7.54. The molecule has 1 aliphatic rings. The number of para-hydroxylation sites is 1. The largest absolute Gasteiger partial charge is 0.495 e. The van der Waals surface area contributed by atoms with Crippen LogP contribution in [0.15, 0.2) is 52.4 Å². The molecule has 1 amide bonds. The van der Waals surface area contributed by atoms with Gasteiger partial charge in [0.15, 0.2) is 4.80 Å². The maximum Gasteiger partial charge on any atom is 0.326 e. The molecule has 1 saturated heterocycles. The number of benzene rings is 2. The lowest BCUT2D eigenvalue weighted by atomic mass is 10.2. The van der Waals surface area contributed by atoms with Gasteiger partial charge in [0.2, 0.25) is 10.0 Å². The van der Waals surface area contributed by atoms with Gasteiger partial charge in [-0.15, -0.1) is 0 Å². The molecular formula is C23H25N3O7S2. The van der Waals surface area contributed by atoms with E-state index in [4.69, 9.17) is 14.2 Å². The number of thiazole rings is 1. The van der Waals surface area contributed by atoms with Crippen LogP contribution in [-0.2, 0) is 30.8 Å². The normalized spacial score (nSPS) is 15.3. The predicted molar refractivity (Wildman–Crippen MR) is 129 cm³/mol. The highest BCUT2D eigenvalue weighted by molar-refractivity contribution is 7.89. The Kier molecular flexibility index (Phi) is 7.65. The van der Waals surface area contributed by atoms with Gasteiger partial charge in [-0.2, -0.15) is 9.30 Å². The number of sulfonamides is 1. The SMILES string of the molecule is CCOC(=O)Cn1c(=NC(=O)c2ccc(S(=O)(=O)N3CCOCC3)cc2)sc2cccc(OC)c21. The Balaban J connectivity index is 1.69. The van der Waals surface area contributed by atoms with Crippen LogP contribution >= 0.6 is 11.3 Å². The van der Waals surface area contributed by atoms with Gasteiger partial charge >= 0.3 is 5.97 Å². The fourth-order valence-corrected chi connectivity index (χ4v) is 6.14. The number of esters is 1. The van der Waals surface area contributed by atoms with Crippen LogP contribution in [0.25, 0.3) is 10.2 Å². The number of hydrogen-bond acceptors (Lipinski definition) is 8. The maximum atomic E-state index is 13.0. The van der Waals surface area contributed by atoms with Crippen molar-refractivity contribution in [1.82, 2.24) is 8.87 Å². The molecule has 0 bridgehead atoms. The molecule has 0 N–H and O–H groups in total. The molecule has 35 heavy (non-hydrogen) atoms. The summed E-state index contributed by atoms with van der Waals surface area (Å²) in [5, 5.41) is 0. The van der Waals surface area contributed by atoms with Gasteiger partial charge in [-0.3, -0.25) is 9.59 Å². The number of aromatic nitrogens is 1. The van der Waals surface area contributed by atoms with Gasteiger partial charge in [-0.05, 0) is 43.3 Å². The molecular weight excluding hydrogens is 494 g/mol. The average Bonchev–Trinajstić information content (AvgIpc) is 3.21. The third kappa shape index (κ3) is 5.30. The molecule has 4 rings (SSSR count). The second-order valence-corrected chi connectivity index (χ2v) is 10.5. The lowest BCUT2D eigenvalue weighted by Crippen LogP contribution is -2.40. The Labute approximate surface area is 206 Å². The van der Waals surface area contributed by atoms with Crippen LogP contribution in [0.2, 0.25) is 0 Å². The van der Waals surface area contributed by atoms with E-state index in [2.05, 4.69) is 4.99 Å². The number of rotatable bonds is 7. The van der Waals surface area contributed by atoms with Gasteiger partial charge in [0, 0.05) is 18.7 Å². The summed E-state index contributed by atoms with van der Waals surface area (Å²) < 4.78 is 45.1. The van der Waals surface area contributed by atoms with E-state index in [9.17, 15) is 18.0 Å². The molecule has 186 valence electrons. The van der Waals surface area contributed by atoms with Crippen LogP contribution in [0.5, 0.6) is 5.75 Å². The molecule has 0 saturated carbocycles. The van der Waals surface area contributed by atoms with Gasteiger partial charge in [0.1, 0.15) is 17.8 Å². The van der Waals surface area contributed by atoms with Crippen LogP contribution in [0.3, 0.4) is 0 Å². The summed E-state index contributed by atoms with van der Waals surface area (Å²) in [4.78, 5) is 29.9. The molecule has 1 aromatic heterocycles. The fraction of sp³-hybridized carbons (Fsp3) is 0.348. The first kappa shape index (κ1) is 25.0. The molecule has 0 aliphatic carbocycles. The fourth-order valence-electron chi connectivity index (χ4n) is 3.69. The lowest BCUT2D eigenvalue weighted by Gasteiger charge is -2.26. The van der Waals surface area contributed by atoms with Crippen molar-refractivity contribution in [1.29, 1.82) is 0 Å². The Morgan fingerprint density at radius 3 is 2.49 bits per heavy atom. The van der Waals surface area contributed by atoms with E-state index in [1.54, 1.807) is 17.6 Å². The first-order chi connectivity index (χ1) is 16.8. The highest BCUT2D eigenvalue weighted by Crippen LogP contribution is 2.27. The Morgan fingerprint density at radius 1 is 1.11 bits per heavy atom. The molecule has 1 fully saturated rings. The van der Waals surface area contributed by atoms with Crippen molar-refractivity contribution in [3.63, 3.8) is 0 Å². The zero-order valence-corrected chi connectivity index (χ0v) is 20.9. The van der Waals surface area contributed by atoms with Crippen LogP contribution in [0.4, 0.5) is 0 Å². The maximum absolute atomic E-state index is 13.0. The highest BCUT2D eigenvalue weighted by atomic mass is 32.2. The summed E-state index contributed by atoms with van der Waals surface area (Å²) in [6.45, 7) is 3.07. The first-order valence-electron chi connectivity index (χ1n) is 10.9. The van der Waals surface area contributed by atoms with E-state index in [0.717, 1.165) is 4.70 Å². The number of amides is 1. The van der Waals surface area contributed by atoms with E-state index in [1.807, 2.05) is 12.1 Å².